The quantitative estimate of drug-likeness (QED) is 0.535. The summed E-state index contributed by atoms with van der Waals surface area (Å²) in [6.45, 7) is 0. The minimum absolute atomic E-state index is 0.0512. The van der Waals surface area contributed by atoms with Crippen LogP contribution < -0.4 is 4.74 Å². The number of carbonyl (C=O) groups is 1. The number of thioether (sulfide) groups is 1. The highest BCUT2D eigenvalue weighted by molar-refractivity contribution is 7.99. The van der Waals surface area contributed by atoms with Crippen molar-refractivity contribution < 1.29 is 9.53 Å². The molecule has 0 fully saturated rings. The fraction of sp³-hybridized carbons (Fsp3) is 0.133. The van der Waals surface area contributed by atoms with E-state index in [1.165, 1.54) is 11.8 Å². The van der Waals surface area contributed by atoms with E-state index in [1.807, 2.05) is 28.8 Å². The summed E-state index contributed by atoms with van der Waals surface area (Å²) in [5, 5.41) is 8.86. The molecular formula is C15H13N3O2S. The molecule has 0 spiro atoms. The molecule has 21 heavy (non-hydrogen) atoms. The molecule has 1 aromatic carbocycles. The number of aromatic nitrogens is 3. The van der Waals surface area contributed by atoms with Crippen LogP contribution in [0.5, 0.6) is 5.75 Å². The summed E-state index contributed by atoms with van der Waals surface area (Å²) in [4.78, 5) is 12.2. The number of fused-ring (bicyclic) bond motifs is 1. The van der Waals surface area contributed by atoms with Gasteiger partial charge in [0.1, 0.15) is 5.75 Å². The molecule has 0 bridgehead atoms. The second-order valence-corrected chi connectivity index (χ2v) is 5.29. The van der Waals surface area contributed by atoms with Gasteiger partial charge in [-0.1, -0.05) is 17.8 Å². The van der Waals surface area contributed by atoms with E-state index in [1.54, 1.807) is 31.4 Å². The van der Waals surface area contributed by atoms with Gasteiger partial charge in [0.05, 0.1) is 12.9 Å². The van der Waals surface area contributed by atoms with Gasteiger partial charge in [0.15, 0.2) is 16.6 Å². The van der Waals surface area contributed by atoms with E-state index in [-0.39, 0.29) is 5.78 Å². The molecule has 0 amide bonds. The lowest BCUT2D eigenvalue weighted by atomic mass is 10.1. The van der Waals surface area contributed by atoms with E-state index < -0.39 is 0 Å². The smallest absolute Gasteiger partial charge is 0.196 e. The van der Waals surface area contributed by atoms with Crippen LogP contribution in [0.15, 0.2) is 53.8 Å². The fourth-order valence-electron chi connectivity index (χ4n) is 1.91. The highest BCUT2D eigenvalue weighted by Gasteiger charge is 2.10. The van der Waals surface area contributed by atoms with Crippen molar-refractivity contribution in [2.75, 3.05) is 12.9 Å². The highest BCUT2D eigenvalue weighted by atomic mass is 32.2. The molecule has 3 rings (SSSR count). The van der Waals surface area contributed by atoms with Gasteiger partial charge in [0, 0.05) is 11.8 Å². The Hall–Kier alpha value is -2.34. The third kappa shape index (κ3) is 2.90. The second-order valence-electron chi connectivity index (χ2n) is 4.35. The number of nitrogens with zero attached hydrogens (tertiary/aromatic N) is 3. The van der Waals surface area contributed by atoms with Gasteiger partial charge in [0.2, 0.25) is 0 Å². The highest BCUT2D eigenvalue weighted by Crippen LogP contribution is 2.19. The number of ether oxygens (including phenoxy) is 1. The maximum absolute atomic E-state index is 12.2. The predicted molar refractivity (Wildman–Crippen MR) is 81.0 cm³/mol. The number of Topliss-reactive ketones (excluding diaryl/α,β-unsaturated/α-hetero) is 1. The first-order valence-corrected chi connectivity index (χ1v) is 7.36. The normalized spacial score (nSPS) is 10.7. The largest absolute Gasteiger partial charge is 0.497 e. The number of pyridine rings is 1. The number of hydrogen-bond donors (Lipinski definition) is 0. The van der Waals surface area contributed by atoms with Crippen LogP contribution >= 0.6 is 11.8 Å². The number of hydrogen-bond acceptors (Lipinski definition) is 5. The first kappa shape index (κ1) is 13.6. The lowest BCUT2D eigenvalue weighted by Gasteiger charge is -2.02. The number of ketones is 1. The van der Waals surface area contributed by atoms with E-state index in [2.05, 4.69) is 10.2 Å². The Bertz CT molecular complexity index is 768. The van der Waals surface area contributed by atoms with Crippen LogP contribution in [0, 0.1) is 0 Å². The van der Waals surface area contributed by atoms with Crippen molar-refractivity contribution in [3.8, 4) is 5.75 Å². The zero-order chi connectivity index (χ0) is 14.7. The topological polar surface area (TPSA) is 56.5 Å². The summed E-state index contributed by atoms with van der Waals surface area (Å²) in [6, 6.07) is 12.8. The van der Waals surface area contributed by atoms with Crippen LogP contribution in [0.3, 0.4) is 0 Å². The Balaban J connectivity index is 1.70. The molecule has 5 nitrogen and oxygen atoms in total. The molecule has 0 atom stereocenters. The monoisotopic (exact) mass is 299 g/mol. The van der Waals surface area contributed by atoms with Crippen molar-refractivity contribution in [1.29, 1.82) is 0 Å². The van der Waals surface area contributed by atoms with Gasteiger partial charge in [-0.2, -0.15) is 0 Å². The molecule has 6 heteroatoms. The molecule has 106 valence electrons. The summed E-state index contributed by atoms with van der Waals surface area (Å²) in [7, 11) is 1.60. The lowest BCUT2D eigenvalue weighted by molar-refractivity contribution is 0.102. The molecule has 2 heterocycles. The van der Waals surface area contributed by atoms with Gasteiger partial charge in [-0.05, 0) is 36.4 Å². The van der Waals surface area contributed by atoms with Crippen LogP contribution in [0.25, 0.3) is 5.65 Å². The molecule has 0 aliphatic carbocycles. The van der Waals surface area contributed by atoms with E-state index >= 15 is 0 Å². The predicted octanol–water partition coefficient (Wildman–Crippen LogP) is 2.71. The fourth-order valence-corrected chi connectivity index (χ4v) is 2.73. The van der Waals surface area contributed by atoms with E-state index in [0.29, 0.717) is 16.5 Å². The van der Waals surface area contributed by atoms with Gasteiger partial charge in [0.25, 0.3) is 0 Å². The molecular weight excluding hydrogens is 286 g/mol. The zero-order valence-corrected chi connectivity index (χ0v) is 12.2. The molecule has 0 saturated heterocycles. The average Bonchev–Trinajstić information content (AvgIpc) is 2.96. The molecule has 0 radical (unpaired) electrons. The number of benzene rings is 1. The molecule has 0 aliphatic heterocycles. The minimum Gasteiger partial charge on any atom is -0.497 e. The van der Waals surface area contributed by atoms with Crippen LogP contribution in [0.1, 0.15) is 10.4 Å². The summed E-state index contributed by atoms with van der Waals surface area (Å²) in [6.07, 6.45) is 1.88. The molecule has 0 N–H and O–H groups in total. The van der Waals surface area contributed by atoms with Crippen LogP contribution in [0.2, 0.25) is 0 Å². The van der Waals surface area contributed by atoms with Gasteiger partial charge < -0.3 is 4.74 Å². The summed E-state index contributed by atoms with van der Waals surface area (Å²) < 4.78 is 6.94. The number of rotatable bonds is 5. The number of methoxy groups -OCH3 is 1. The first-order valence-electron chi connectivity index (χ1n) is 6.38. The maximum atomic E-state index is 12.2. The molecule has 2 aromatic heterocycles. The summed E-state index contributed by atoms with van der Waals surface area (Å²) >= 11 is 1.38. The molecule has 0 aliphatic rings. The third-order valence-electron chi connectivity index (χ3n) is 3.03. The molecule has 0 unspecified atom stereocenters. The Morgan fingerprint density at radius 1 is 1.19 bits per heavy atom. The third-order valence-corrected chi connectivity index (χ3v) is 3.97. The minimum atomic E-state index is 0.0512. The second kappa shape index (κ2) is 5.97. The van der Waals surface area contributed by atoms with Gasteiger partial charge in [-0.3, -0.25) is 9.20 Å². The van der Waals surface area contributed by atoms with E-state index in [0.717, 1.165) is 11.4 Å². The molecule has 3 aromatic rings. The van der Waals surface area contributed by atoms with Crippen molar-refractivity contribution in [1.82, 2.24) is 14.6 Å². The molecule has 0 saturated carbocycles. The van der Waals surface area contributed by atoms with Crippen LogP contribution in [0.4, 0.5) is 0 Å². The Morgan fingerprint density at radius 3 is 2.76 bits per heavy atom. The van der Waals surface area contributed by atoms with Gasteiger partial charge in [-0.15, -0.1) is 10.2 Å². The summed E-state index contributed by atoms with van der Waals surface area (Å²) in [5.74, 6) is 1.11. The summed E-state index contributed by atoms with van der Waals surface area (Å²) in [5.41, 5.74) is 1.44. The van der Waals surface area contributed by atoms with Crippen molar-refractivity contribution in [2.24, 2.45) is 0 Å². The zero-order valence-electron chi connectivity index (χ0n) is 11.4. The Kier molecular flexibility index (Phi) is 3.87. The maximum Gasteiger partial charge on any atom is 0.196 e. The SMILES string of the molecule is COc1ccc(C(=O)CSc2nnc3ccccn23)cc1. The van der Waals surface area contributed by atoms with Crippen molar-refractivity contribution in [3.63, 3.8) is 0 Å². The van der Waals surface area contributed by atoms with Crippen molar-refractivity contribution in [2.45, 2.75) is 5.16 Å². The first-order chi connectivity index (χ1) is 10.3. The Labute approximate surface area is 126 Å². The van der Waals surface area contributed by atoms with E-state index in [9.17, 15) is 4.79 Å². The van der Waals surface area contributed by atoms with Gasteiger partial charge >= 0.3 is 0 Å². The van der Waals surface area contributed by atoms with Crippen LogP contribution in [-0.2, 0) is 0 Å². The van der Waals surface area contributed by atoms with Crippen molar-refractivity contribution >= 4 is 23.2 Å². The number of carbonyl (C=O) groups excluding carboxylic acids is 1. The van der Waals surface area contributed by atoms with Crippen LogP contribution in [-0.4, -0.2) is 33.2 Å². The standard InChI is InChI=1S/C15H13N3O2S/c1-20-12-7-5-11(6-8-12)13(19)10-21-15-17-16-14-4-2-3-9-18(14)15/h2-9H,10H2,1H3. The Morgan fingerprint density at radius 2 is 2.00 bits per heavy atom. The van der Waals surface area contributed by atoms with Gasteiger partial charge in [-0.25, -0.2) is 0 Å². The average molecular weight is 299 g/mol. The lowest BCUT2D eigenvalue weighted by Crippen LogP contribution is -2.03. The van der Waals surface area contributed by atoms with Crippen molar-refractivity contribution in [3.05, 3.63) is 54.2 Å². The van der Waals surface area contributed by atoms with E-state index in [4.69, 9.17) is 4.74 Å².